The zero-order valence-electron chi connectivity index (χ0n) is 7.71. The summed E-state index contributed by atoms with van der Waals surface area (Å²) >= 11 is 0. The molecule has 0 saturated heterocycles. The third kappa shape index (κ3) is 0.817. The molecule has 0 bridgehead atoms. The van der Waals surface area contributed by atoms with E-state index in [1.54, 1.807) is 0 Å². The summed E-state index contributed by atoms with van der Waals surface area (Å²) in [5.74, 6) is 1.07. The minimum atomic E-state index is -0.154. The van der Waals surface area contributed by atoms with Crippen LogP contribution in [0.4, 0.5) is 0 Å². The van der Waals surface area contributed by atoms with Gasteiger partial charge in [0.25, 0.3) is 0 Å². The summed E-state index contributed by atoms with van der Waals surface area (Å²) in [6.07, 6.45) is 2.38. The molecular formula is C10H16O2. The third-order valence-electron chi connectivity index (χ3n) is 3.92. The highest BCUT2D eigenvalue weighted by Gasteiger charge is 2.58. The van der Waals surface area contributed by atoms with E-state index in [9.17, 15) is 9.90 Å². The SMILES string of the molecule is CC1C(=O)C2(C)CCC(O)CC12. The second kappa shape index (κ2) is 2.32. The molecule has 2 aliphatic carbocycles. The number of hydrogen-bond acceptors (Lipinski definition) is 2. The van der Waals surface area contributed by atoms with Crippen LogP contribution in [-0.2, 0) is 4.79 Å². The lowest BCUT2D eigenvalue weighted by atomic mass is 9.48. The van der Waals surface area contributed by atoms with Crippen LogP contribution in [0.3, 0.4) is 0 Å². The van der Waals surface area contributed by atoms with Crippen LogP contribution in [0.5, 0.6) is 0 Å². The van der Waals surface area contributed by atoms with E-state index in [1.165, 1.54) is 0 Å². The molecule has 4 unspecified atom stereocenters. The topological polar surface area (TPSA) is 37.3 Å². The van der Waals surface area contributed by atoms with Gasteiger partial charge in [-0.1, -0.05) is 13.8 Å². The first-order valence-corrected chi connectivity index (χ1v) is 4.78. The number of rotatable bonds is 0. The molecule has 0 aromatic heterocycles. The molecule has 0 amide bonds. The molecule has 12 heavy (non-hydrogen) atoms. The van der Waals surface area contributed by atoms with Gasteiger partial charge in [-0.3, -0.25) is 4.79 Å². The van der Waals surface area contributed by atoms with Gasteiger partial charge in [-0.05, 0) is 25.2 Å². The number of aliphatic hydroxyl groups excluding tert-OH is 1. The van der Waals surface area contributed by atoms with Crippen LogP contribution in [0.15, 0.2) is 0 Å². The van der Waals surface area contributed by atoms with E-state index >= 15 is 0 Å². The number of fused-ring (bicyclic) bond motifs is 1. The smallest absolute Gasteiger partial charge is 0.142 e. The lowest BCUT2D eigenvalue weighted by molar-refractivity contribution is -0.163. The van der Waals surface area contributed by atoms with Crippen LogP contribution in [0, 0.1) is 17.3 Å². The molecular weight excluding hydrogens is 152 g/mol. The fourth-order valence-corrected chi connectivity index (χ4v) is 2.99. The quantitative estimate of drug-likeness (QED) is 0.593. The summed E-state index contributed by atoms with van der Waals surface area (Å²) in [4.78, 5) is 11.5. The van der Waals surface area contributed by atoms with Crippen molar-refractivity contribution >= 4 is 5.78 Å². The predicted molar refractivity (Wildman–Crippen MR) is 45.6 cm³/mol. The highest BCUT2D eigenvalue weighted by molar-refractivity contribution is 5.93. The molecule has 2 aliphatic rings. The van der Waals surface area contributed by atoms with Crippen molar-refractivity contribution in [1.29, 1.82) is 0 Å². The van der Waals surface area contributed by atoms with E-state index in [0.29, 0.717) is 11.7 Å². The van der Waals surface area contributed by atoms with Gasteiger partial charge < -0.3 is 5.11 Å². The standard InChI is InChI=1S/C10H16O2/c1-6-8-5-7(11)3-4-10(8,2)9(6)12/h6-8,11H,3-5H2,1-2H3. The monoisotopic (exact) mass is 168 g/mol. The molecule has 0 aromatic rings. The van der Waals surface area contributed by atoms with Gasteiger partial charge in [0.2, 0.25) is 0 Å². The molecule has 68 valence electrons. The van der Waals surface area contributed by atoms with Crippen LogP contribution in [-0.4, -0.2) is 17.0 Å². The fraction of sp³-hybridized carbons (Fsp3) is 0.900. The van der Waals surface area contributed by atoms with E-state index in [-0.39, 0.29) is 17.4 Å². The van der Waals surface area contributed by atoms with Gasteiger partial charge in [0, 0.05) is 11.3 Å². The second-order valence-corrected chi connectivity index (χ2v) is 4.61. The van der Waals surface area contributed by atoms with Crippen molar-refractivity contribution in [2.45, 2.75) is 39.2 Å². The lowest BCUT2D eigenvalue weighted by Crippen LogP contribution is -2.58. The molecule has 0 spiro atoms. The Morgan fingerprint density at radius 1 is 1.58 bits per heavy atom. The average Bonchev–Trinajstić information content (AvgIpc) is 2.08. The molecule has 0 aromatic carbocycles. The Morgan fingerprint density at radius 2 is 2.25 bits per heavy atom. The molecule has 4 atom stereocenters. The highest BCUT2D eigenvalue weighted by atomic mass is 16.3. The maximum Gasteiger partial charge on any atom is 0.142 e. The minimum Gasteiger partial charge on any atom is -0.393 e. The summed E-state index contributed by atoms with van der Waals surface area (Å²) in [7, 11) is 0. The number of carbonyl (C=O) groups is 1. The Kier molecular flexibility index (Phi) is 1.59. The fourth-order valence-electron chi connectivity index (χ4n) is 2.99. The Bertz CT molecular complexity index is 224. The van der Waals surface area contributed by atoms with E-state index in [4.69, 9.17) is 0 Å². The van der Waals surface area contributed by atoms with E-state index < -0.39 is 0 Å². The zero-order valence-corrected chi connectivity index (χ0v) is 7.71. The molecule has 0 radical (unpaired) electrons. The molecule has 0 aliphatic heterocycles. The molecule has 2 heteroatoms. The van der Waals surface area contributed by atoms with E-state index in [2.05, 4.69) is 6.92 Å². The Hall–Kier alpha value is -0.370. The maximum absolute atomic E-state index is 11.5. The average molecular weight is 168 g/mol. The maximum atomic E-state index is 11.5. The van der Waals surface area contributed by atoms with Crippen LogP contribution >= 0.6 is 0 Å². The van der Waals surface area contributed by atoms with Crippen molar-refractivity contribution in [3.05, 3.63) is 0 Å². The van der Waals surface area contributed by atoms with Crippen LogP contribution in [0.2, 0.25) is 0 Å². The van der Waals surface area contributed by atoms with Crippen molar-refractivity contribution < 1.29 is 9.90 Å². The summed E-state index contributed by atoms with van der Waals surface area (Å²) in [6, 6.07) is 0. The summed E-state index contributed by atoms with van der Waals surface area (Å²) in [6.45, 7) is 4.05. The number of aliphatic hydroxyl groups is 1. The van der Waals surface area contributed by atoms with Gasteiger partial charge in [-0.2, -0.15) is 0 Å². The normalized spacial score (nSPS) is 52.9. The third-order valence-corrected chi connectivity index (χ3v) is 3.92. The van der Waals surface area contributed by atoms with Gasteiger partial charge in [-0.15, -0.1) is 0 Å². The van der Waals surface area contributed by atoms with Crippen LogP contribution < -0.4 is 0 Å². The number of carbonyl (C=O) groups excluding carboxylic acids is 1. The zero-order chi connectivity index (χ0) is 8.93. The van der Waals surface area contributed by atoms with Gasteiger partial charge in [-0.25, -0.2) is 0 Å². The number of hydrogen-bond donors (Lipinski definition) is 1. The largest absolute Gasteiger partial charge is 0.393 e. The minimum absolute atomic E-state index is 0.0708. The molecule has 1 N–H and O–H groups in total. The van der Waals surface area contributed by atoms with Gasteiger partial charge in [0.15, 0.2) is 0 Å². The van der Waals surface area contributed by atoms with Gasteiger partial charge in [0.05, 0.1) is 6.10 Å². The highest BCUT2D eigenvalue weighted by Crippen LogP contribution is 2.55. The van der Waals surface area contributed by atoms with Crippen molar-refractivity contribution in [3.8, 4) is 0 Å². The van der Waals surface area contributed by atoms with Gasteiger partial charge in [0.1, 0.15) is 5.78 Å². The van der Waals surface area contributed by atoms with Crippen molar-refractivity contribution in [2.24, 2.45) is 17.3 Å². The summed E-state index contributed by atoms with van der Waals surface area (Å²) in [5, 5.41) is 9.44. The first-order chi connectivity index (χ1) is 5.55. The molecule has 2 nitrogen and oxygen atoms in total. The molecule has 2 fully saturated rings. The Morgan fingerprint density at radius 3 is 2.92 bits per heavy atom. The predicted octanol–water partition coefficient (Wildman–Crippen LogP) is 1.37. The van der Waals surface area contributed by atoms with Crippen molar-refractivity contribution in [1.82, 2.24) is 0 Å². The van der Waals surface area contributed by atoms with Crippen molar-refractivity contribution in [2.75, 3.05) is 0 Å². The summed E-state index contributed by atoms with van der Waals surface area (Å²) in [5.41, 5.74) is -0.0708. The Labute approximate surface area is 73.0 Å². The van der Waals surface area contributed by atoms with E-state index in [1.807, 2.05) is 6.92 Å². The number of Topliss-reactive ketones (excluding diaryl/α,β-unsaturated/α-hetero) is 1. The van der Waals surface area contributed by atoms with Crippen LogP contribution in [0.1, 0.15) is 33.1 Å². The second-order valence-electron chi connectivity index (χ2n) is 4.61. The summed E-state index contributed by atoms with van der Waals surface area (Å²) < 4.78 is 0. The van der Waals surface area contributed by atoms with Gasteiger partial charge >= 0.3 is 0 Å². The molecule has 2 saturated carbocycles. The Balaban J connectivity index is 2.17. The van der Waals surface area contributed by atoms with Crippen molar-refractivity contribution in [3.63, 3.8) is 0 Å². The molecule has 0 heterocycles. The molecule has 2 rings (SSSR count). The van der Waals surface area contributed by atoms with Crippen LogP contribution in [0.25, 0.3) is 0 Å². The number of ketones is 1. The first-order valence-electron chi connectivity index (χ1n) is 4.78. The lowest BCUT2D eigenvalue weighted by Gasteiger charge is -2.54. The first kappa shape index (κ1) is 8.24. The van der Waals surface area contributed by atoms with E-state index in [0.717, 1.165) is 19.3 Å².